The van der Waals surface area contributed by atoms with E-state index >= 15 is 0 Å². The molecule has 0 spiro atoms. The van der Waals surface area contributed by atoms with Gasteiger partial charge in [0.2, 0.25) is 0 Å². The van der Waals surface area contributed by atoms with Gasteiger partial charge in [-0.2, -0.15) is 0 Å². The smallest absolute Gasteiger partial charge is 0.166 e. The second-order valence-electron chi connectivity index (χ2n) is 6.12. The second kappa shape index (κ2) is 7.43. The van der Waals surface area contributed by atoms with Gasteiger partial charge in [-0.1, -0.05) is 85.3 Å². The van der Waals surface area contributed by atoms with E-state index in [9.17, 15) is 8.78 Å². The highest BCUT2D eigenvalue weighted by atomic mass is 19.2. The first-order valence-corrected chi connectivity index (χ1v) is 8.40. The molecular formula is C23H20F2. The standard InChI is InChI=1S/C23H20F2/c1-3-17-6-10-18(11-7-17)19-12-14-21(15-13-19)23(25)22(24)20-8-4-16(2)5-9-20/h4-15H,3H2,1-2H3/b23-22+. The molecule has 0 heterocycles. The van der Waals surface area contributed by atoms with Crippen LogP contribution in [0, 0.1) is 6.92 Å². The minimum absolute atomic E-state index is 0.243. The largest absolute Gasteiger partial charge is 0.203 e. The van der Waals surface area contributed by atoms with Crippen LogP contribution in [0.2, 0.25) is 0 Å². The zero-order valence-corrected chi connectivity index (χ0v) is 14.4. The molecule has 2 heteroatoms. The number of benzene rings is 3. The van der Waals surface area contributed by atoms with Crippen LogP contribution in [0.25, 0.3) is 22.8 Å². The summed E-state index contributed by atoms with van der Waals surface area (Å²) in [7, 11) is 0. The predicted molar refractivity (Wildman–Crippen MR) is 101 cm³/mol. The van der Waals surface area contributed by atoms with Gasteiger partial charge in [-0.25, -0.2) is 8.78 Å². The highest BCUT2D eigenvalue weighted by molar-refractivity contribution is 5.83. The third-order valence-electron chi connectivity index (χ3n) is 4.33. The molecule has 0 N–H and O–H groups in total. The van der Waals surface area contributed by atoms with E-state index in [0.29, 0.717) is 0 Å². The molecule has 0 saturated carbocycles. The first-order chi connectivity index (χ1) is 12.1. The normalized spacial score (nSPS) is 12.0. The predicted octanol–water partition coefficient (Wildman–Crippen LogP) is 6.99. The van der Waals surface area contributed by atoms with Gasteiger partial charge < -0.3 is 0 Å². The summed E-state index contributed by atoms with van der Waals surface area (Å²) in [6, 6.07) is 21.9. The molecule has 0 amide bonds. The molecule has 0 nitrogen and oxygen atoms in total. The molecule has 3 aromatic carbocycles. The Morgan fingerprint density at radius 3 is 1.48 bits per heavy atom. The van der Waals surface area contributed by atoms with E-state index < -0.39 is 11.7 Å². The number of hydrogen-bond acceptors (Lipinski definition) is 0. The Balaban J connectivity index is 1.87. The van der Waals surface area contributed by atoms with Crippen molar-refractivity contribution in [2.24, 2.45) is 0 Å². The van der Waals surface area contributed by atoms with Crippen molar-refractivity contribution in [3.05, 3.63) is 95.1 Å². The van der Waals surface area contributed by atoms with Crippen molar-refractivity contribution in [3.63, 3.8) is 0 Å². The Kier molecular flexibility index (Phi) is 5.08. The molecule has 3 aromatic rings. The fraction of sp³-hybridized carbons (Fsp3) is 0.130. The van der Waals surface area contributed by atoms with Crippen LogP contribution in [0.1, 0.15) is 29.2 Å². The Labute approximate surface area is 147 Å². The molecule has 25 heavy (non-hydrogen) atoms. The zero-order valence-electron chi connectivity index (χ0n) is 14.4. The van der Waals surface area contributed by atoms with Gasteiger partial charge in [0.15, 0.2) is 11.7 Å². The number of rotatable bonds is 4. The SMILES string of the molecule is CCc1ccc(-c2ccc(/C(F)=C(\F)c3ccc(C)cc3)cc2)cc1. The summed E-state index contributed by atoms with van der Waals surface area (Å²) in [4.78, 5) is 0. The maximum Gasteiger partial charge on any atom is 0.166 e. The van der Waals surface area contributed by atoms with Crippen LogP contribution in [-0.4, -0.2) is 0 Å². The lowest BCUT2D eigenvalue weighted by Gasteiger charge is -2.06. The van der Waals surface area contributed by atoms with Crippen molar-refractivity contribution in [1.29, 1.82) is 0 Å². The second-order valence-corrected chi connectivity index (χ2v) is 6.12. The summed E-state index contributed by atoms with van der Waals surface area (Å²) in [5, 5.41) is 0. The molecule has 0 atom stereocenters. The van der Waals surface area contributed by atoms with Crippen LogP contribution in [0.15, 0.2) is 72.8 Å². The van der Waals surface area contributed by atoms with Gasteiger partial charge in [-0.05, 0) is 30.0 Å². The Morgan fingerprint density at radius 2 is 1.04 bits per heavy atom. The van der Waals surface area contributed by atoms with E-state index in [-0.39, 0.29) is 11.1 Å². The van der Waals surface area contributed by atoms with Crippen LogP contribution in [0.3, 0.4) is 0 Å². The molecule has 0 aliphatic rings. The van der Waals surface area contributed by atoms with Crippen molar-refractivity contribution < 1.29 is 8.78 Å². The van der Waals surface area contributed by atoms with Crippen molar-refractivity contribution in [3.8, 4) is 11.1 Å². The third-order valence-corrected chi connectivity index (χ3v) is 4.33. The maximum absolute atomic E-state index is 14.5. The molecule has 0 fully saturated rings. The molecule has 0 aliphatic carbocycles. The number of aryl methyl sites for hydroxylation is 2. The maximum atomic E-state index is 14.5. The van der Waals surface area contributed by atoms with Crippen molar-refractivity contribution in [1.82, 2.24) is 0 Å². The fourth-order valence-electron chi connectivity index (χ4n) is 2.70. The Bertz CT molecular complexity index is 871. The van der Waals surface area contributed by atoms with Crippen molar-refractivity contribution >= 4 is 11.7 Å². The molecule has 0 bridgehead atoms. The number of halogens is 2. The first kappa shape index (κ1) is 17.1. The van der Waals surface area contributed by atoms with Gasteiger partial charge in [0.05, 0.1) is 0 Å². The zero-order chi connectivity index (χ0) is 17.8. The number of hydrogen-bond donors (Lipinski definition) is 0. The van der Waals surface area contributed by atoms with Gasteiger partial charge >= 0.3 is 0 Å². The third kappa shape index (κ3) is 3.85. The summed E-state index contributed by atoms with van der Waals surface area (Å²) in [5.41, 5.74) is 4.82. The molecule has 3 rings (SSSR count). The fourth-order valence-corrected chi connectivity index (χ4v) is 2.70. The minimum Gasteiger partial charge on any atom is -0.203 e. The minimum atomic E-state index is -0.836. The van der Waals surface area contributed by atoms with Gasteiger partial charge in [-0.15, -0.1) is 0 Å². The van der Waals surface area contributed by atoms with E-state index in [1.165, 1.54) is 5.56 Å². The van der Waals surface area contributed by atoms with Gasteiger partial charge in [0, 0.05) is 11.1 Å². The van der Waals surface area contributed by atoms with Crippen LogP contribution in [-0.2, 0) is 6.42 Å². The summed E-state index contributed by atoms with van der Waals surface area (Å²) in [5.74, 6) is -1.67. The molecule has 0 saturated heterocycles. The lowest BCUT2D eigenvalue weighted by molar-refractivity contribution is 0.700. The molecule has 126 valence electrons. The van der Waals surface area contributed by atoms with E-state index in [1.54, 1.807) is 36.4 Å². The molecule has 0 radical (unpaired) electrons. The van der Waals surface area contributed by atoms with E-state index in [4.69, 9.17) is 0 Å². The Morgan fingerprint density at radius 1 is 0.640 bits per heavy atom. The van der Waals surface area contributed by atoms with Gasteiger partial charge in [0.1, 0.15) is 0 Å². The first-order valence-electron chi connectivity index (χ1n) is 8.40. The van der Waals surface area contributed by atoms with Crippen LogP contribution >= 0.6 is 0 Å². The summed E-state index contributed by atoms with van der Waals surface area (Å²) in [6.07, 6.45) is 0.994. The molecule has 0 unspecified atom stereocenters. The van der Waals surface area contributed by atoms with Crippen LogP contribution < -0.4 is 0 Å². The summed E-state index contributed by atoms with van der Waals surface area (Å²) < 4.78 is 28.8. The molecular weight excluding hydrogens is 314 g/mol. The van der Waals surface area contributed by atoms with Crippen molar-refractivity contribution in [2.75, 3.05) is 0 Å². The van der Waals surface area contributed by atoms with Crippen molar-refractivity contribution in [2.45, 2.75) is 20.3 Å². The topological polar surface area (TPSA) is 0 Å². The molecule has 0 aromatic heterocycles. The summed E-state index contributed by atoms with van der Waals surface area (Å²) >= 11 is 0. The average Bonchev–Trinajstić information content (AvgIpc) is 2.67. The highest BCUT2D eigenvalue weighted by Gasteiger charge is 2.11. The lowest BCUT2D eigenvalue weighted by Crippen LogP contribution is -1.86. The summed E-state index contributed by atoms with van der Waals surface area (Å²) in [6.45, 7) is 4.02. The average molecular weight is 334 g/mol. The Hall–Kier alpha value is -2.74. The quantitative estimate of drug-likeness (QED) is 0.451. The van der Waals surface area contributed by atoms with Gasteiger partial charge in [0.25, 0.3) is 0 Å². The van der Waals surface area contributed by atoms with E-state index in [0.717, 1.165) is 23.1 Å². The van der Waals surface area contributed by atoms with E-state index in [1.807, 2.05) is 31.2 Å². The highest BCUT2D eigenvalue weighted by Crippen LogP contribution is 2.30. The van der Waals surface area contributed by atoms with E-state index in [2.05, 4.69) is 19.1 Å². The van der Waals surface area contributed by atoms with Crippen LogP contribution in [0.4, 0.5) is 8.78 Å². The van der Waals surface area contributed by atoms with Crippen LogP contribution in [0.5, 0.6) is 0 Å². The van der Waals surface area contributed by atoms with Gasteiger partial charge in [-0.3, -0.25) is 0 Å². The monoisotopic (exact) mass is 334 g/mol. The lowest BCUT2D eigenvalue weighted by atomic mass is 10.0. The molecule has 0 aliphatic heterocycles.